The molecule has 0 bridgehead atoms. The molecule has 2 aromatic rings. The van der Waals surface area contributed by atoms with Gasteiger partial charge in [-0.2, -0.15) is 0 Å². The number of aromatic nitrogens is 1. The van der Waals surface area contributed by atoms with Crippen LogP contribution in [-0.4, -0.2) is 54.9 Å². The van der Waals surface area contributed by atoms with Crippen molar-refractivity contribution in [2.45, 2.75) is 17.7 Å². The Bertz CT molecular complexity index is 657. The molecule has 1 aromatic heterocycles. The lowest BCUT2D eigenvalue weighted by Crippen LogP contribution is -2.28. The topological polar surface area (TPSA) is 36.4 Å². The number of rotatable bonds is 6. The van der Waals surface area contributed by atoms with Crippen LogP contribution in [0.4, 0.5) is 0 Å². The molecular formula is C17H23N3OS. The Balaban J connectivity index is 2.05. The smallest absolute Gasteiger partial charge is 0.253 e. The molecular weight excluding hydrogens is 294 g/mol. The zero-order chi connectivity index (χ0) is 16.1. The third-order valence-electron chi connectivity index (χ3n) is 3.63. The van der Waals surface area contributed by atoms with Crippen molar-refractivity contribution in [1.82, 2.24) is 14.8 Å². The maximum absolute atomic E-state index is 12.5. The zero-order valence-corrected chi connectivity index (χ0v) is 14.3. The van der Waals surface area contributed by atoms with E-state index in [0.717, 1.165) is 41.7 Å². The van der Waals surface area contributed by atoms with E-state index < -0.39 is 0 Å². The molecule has 4 nitrogen and oxygen atoms in total. The van der Waals surface area contributed by atoms with Crippen molar-refractivity contribution < 1.29 is 4.79 Å². The number of carbonyl (C=O) groups is 1. The van der Waals surface area contributed by atoms with Gasteiger partial charge in [0, 0.05) is 35.6 Å². The van der Waals surface area contributed by atoms with E-state index in [2.05, 4.69) is 36.6 Å². The van der Waals surface area contributed by atoms with Crippen molar-refractivity contribution in [3.05, 3.63) is 36.0 Å². The van der Waals surface area contributed by atoms with Crippen LogP contribution in [-0.2, 0) is 0 Å². The van der Waals surface area contributed by atoms with Gasteiger partial charge in [0.25, 0.3) is 5.91 Å². The molecule has 0 unspecified atom stereocenters. The van der Waals surface area contributed by atoms with Gasteiger partial charge in [-0.05, 0) is 51.7 Å². The number of thiol groups is 1. The maximum Gasteiger partial charge on any atom is 0.253 e. The number of pyridine rings is 1. The van der Waals surface area contributed by atoms with Crippen molar-refractivity contribution in [2.24, 2.45) is 0 Å². The second-order valence-electron chi connectivity index (χ2n) is 5.81. The maximum atomic E-state index is 12.5. The van der Waals surface area contributed by atoms with Crippen LogP contribution in [0, 0.1) is 0 Å². The van der Waals surface area contributed by atoms with Crippen LogP contribution in [0.15, 0.2) is 35.4 Å². The monoisotopic (exact) mass is 317 g/mol. The Labute approximate surface area is 137 Å². The minimum atomic E-state index is 0.0332. The van der Waals surface area contributed by atoms with Gasteiger partial charge in [-0.25, -0.2) is 0 Å². The van der Waals surface area contributed by atoms with Gasteiger partial charge in [0.1, 0.15) is 0 Å². The molecule has 0 atom stereocenters. The molecule has 0 spiro atoms. The molecule has 0 N–H and O–H groups in total. The first-order valence-electron chi connectivity index (χ1n) is 7.47. The minimum Gasteiger partial charge on any atom is -0.342 e. The van der Waals surface area contributed by atoms with E-state index >= 15 is 0 Å². The summed E-state index contributed by atoms with van der Waals surface area (Å²) in [6.45, 7) is 1.81. The lowest BCUT2D eigenvalue weighted by atomic mass is 10.1. The Kier molecular flexibility index (Phi) is 5.80. The summed E-state index contributed by atoms with van der Waals surface area (Å²) in [5.74, 6) is 0.0332. The quantitative estimate of drug-likeness (QED) is 0.657. The summed E-state index contributed by atoms with van der Waals surface area (Å²) < 4.78 is 0. The average Bonchev–Trinajstić information content (AvgIpc) is 2.50. The van der Waals surface area contributed by atoms with Gasteiger partial charge in [0.05, 0.1) is 5.52 Å². The third-order valence-corrected chi connectivity index (χ3v) is 3.97. The summed E-state index contributed by atoms with van der Waals surface area (Å²) in [6, 6.07) is 7.52. The van der Waals surface area contributed by atoms with E-state index in [0.29, 0.717) is 5.56 Å². The Hall–Kier alpha value is -1.59. The number of carbonyl (C=O) groups excluding carboxylic acids is 1. The second-order valence-corrected chi connectivity index (χ2v) is 6.29. The Morgan fingerprint density at radius 2 is 1.91 bits per heavy atom. The van der Waals surface area contributed by atoms with Crippen LogP contribution < -0.4 is 0 Å². The normalized spacial score (nSPS) is 11.1. The molecule has 1 aromatic carbocycles. The van der Waals surface area contributed by atoms with Gasteiger partial charge in [0.15, 0.2) is 0 Å². The van der Waals surface area contributed by atoms with Crippen molar-refractivity contribution >= 4 is 29.4 Å². The number of hydrogen-bond donors (Lipinski definition) is 1. The molecule has 0 saturated carbocycles. The zero-order valence-electron chi connectivity index (χ0n) is 13.4. The van der Waals surface area contributed by atoms with E-state index in [9.17, 15) is 4.79 Å². The molecule has 0 radical (unpaired) electrons. The third kappa shape index (κ3) is 4.21. The Morgan fingerprint density at radius 3 is 2.64 bits per heavy atom. The molecule has 1 heterocycles. The highest BCUT2D eigenvalue weighted by Gasteiger charge is 2.13. The molecule has 118 valence electrons. The first kappa shape index (κ1) is 16.8. The number of unbranched alkanes of at least 4 members (excludes halogenated alkanes) is 1. The van der Waals surface area contributed by atoms with Crippen LogP contribution in [0.5, 0.6) is 0 Å². The molecule has 0 saturated heterocycles. The summed E-state index contributed by atoms with van der Waals surface area (Å²) in [7, 11) is 5.97. The fourth-order valence-electron chi connectivity index (χ4n) is 2.40. The van der Waals surface area contributed by atoms with Crippen LogP contribution in [0.1, 0.15) is 23.2 Å². The highest BCUT2D eigenvalue weighted by atomic mass is 32.1. The van der Waals surface area contributed by atoms with Gasteiger partial charge in [-0.3, -0.25) is 9.78 Å². The lowest BCUT2D eigenvalue weighted by Gasteiger charge is -2.18. The minimum absolute atomic E-state index is 0.0332. The summed E-state index contributed by atoms with van der Waals surface area (Å²) >= 11 is 4.45. The summed E-state index contributed by atoms with van der Waals surface area (Å²) in [5.41, 5.74) is 1.50. The lowest BCUT2D eigenvalue weighted by molar-refractivity contribution is 0.0792. The van der Waals surface area contributed by atoms with Crippen molar-refractivity contribution in [1.29, 1.82) is 0 Å². The van der Waals surface area contributed by atoms with Crippen molar-refractivity contribution in [3.8, 4) is 0 Å². The van der Waals surface area contributed by atoms with Crippen molar-refractivity contribution in [2.75, 3.05) is 34.2 Å². The second kappa shape index (κ2) is 7.61. The predicted octanol–water partition coefficient (Wildman–Crippen LogP) is 2.94. The molecule has 0 aliphatic carbocycles. The van der Waals surface area contributed by atoms with Crippen LogP contribution >= 0.6 is 12.6 Å². The average molecular weight is 317 g/mol. The van der Waals surface area contributed by atoms with Crippen molar-refractivity contribution in [3.63, 3.8) is 0 Å². The number of benzene rings is 1. The van der Waals surface area contributed by atoms with Gasteiger partial charge >= 0.3 is 0 Å². The summed E-state index contributed by atoms with van der Waals surface area (Å²) in [5, 5.41) is 0.944. The highest BCUT2D eigenvalue weighted by Crippen LogP contribution is 2.22. The fraction of sp³-hybridized carbons (Fsp3) is 0.412. The largest absolute Gasteiger partial charge is 0.342 e. The SMILES string of the molecule is CN(C)CCCCN(C)C(=O)c1cc(S)c2ncccc2c1. The summed E-state index contributed by atoms with van der Waals surface area (Å²) in [6.07, 6.45) is 3.83. The van der Waals surface area contributed by atoms with E-state index in [-0.39, 0.29) is 5.91 Å². The van der Waals surface area contributed by atoms with Crippen LogP contribution in [0.25, 0.3) is 10.9 Å². The fourth-order valence-corrected chi connectivity index (χ4v) is 2.72. The molecule has 1 amide bonds. The Morgan fingerprint density at radius 1 is 1.18 bits per heavy atom. The number of amides is 1. The number of fused-ring (bicyclic) bond motifs is 1. The molecule has 0 aliphatic rings. The van der Waals surface area contributed by atoms with E-state index in [1.165, 1.54) is 0 Å². The van der Waals surface area contributed by atoms with Crippen LogP contribution in [0.2, 0.25) is 0 Å². The molecule has 2 rings (SSSR count). The first-order valence-corrected chi connectivity index (χ1v) is 7.91. The van der Waals surface area contributed by atoms with Gasteiger partial charge < -0.3 is 9.80 Å². The molecule has 0 fully saturated rings. The highest BCUT2D eigenvalue weighted by molar-refractivity contribution is 7.80. The van der Waals surface area contributed by atoms with Gasteiger partial charge in [-0.1, -0.05) is 6.07 Å². The number of nitrogens with zero attached hydrogens (tertiary/aromatic N) is 3. The van der Waals surface area contributed by atoms with E-state index in [1.807, 2.05) is 25.2 Å². The first-order chi connectivity index (χ1) is 10.5. The molecule has 22 heavy (non-hydrogen) atoms. The molecule has 5 heteroatoms. The van der Waals surface area contributed by atoms with Gasteiger partial charge in [0.2, 0.25) is 0 Å². The predicted molar refractivity (Wildman–Crippen MR) is 93.7 cm³/mol. The van der Waals surface area contributed by atoms with E-state index in [1.54, 1.807) is 17.2 Å². The summed E-state index contributed by atoms with van der Waals surface area (Å²) in [4.78, 5) is 21.5. The molecule has 0 aliphatic heterocycles. The number of hydrogen-bond acceptors (Lipinski definition) is 4. The standard InChI is InChI=1S/C17H23N3OS/c1-19(2)9-4-5-10-20(3)17(21)14-11-13-7-6-8-18-16(13)15(22)12-14/h6-8,11-12,22H,4-5,9-10H2,1-3H3. The van der Waals surface area contributed by atoms with Gasteiger partial charge in [-0.15, -0.1) is 12.6 Å². The van der Waals surface area contributed by atoms with E-state index in [4.69, 9.17) is 0 Å². The van der Waals surface area contributed by atoms with Crippen LogP contribution in [0.3, 0.4) is 0 Å².